The minimum atomic E-state index is -0.628. The zero-order chi connectivity index (χ0) is 26.0. The largest absolute Gasteiger partial charge is 0.487 e. The molecule has 3 aromatic carbocycles. The fourth-order valence-corrected chi connectivity index (χ4v) is 5.53. The van der Waals surface area contributed by atoms with Gasteiger partial charge < -0.3 is 9.47 Å². The van der Waals surface area contributed by atoms with Crippen LogP contribution >= 0.6 is 45.2 Å². The van der Waals surface area contributed by atoms with E-state index in [4.69, 9.17) is 9.47 Å². The van der Waals surface area contributed by atoms with E-state index in [2.05, 4.69) is 50.2 Å². The predicted molar refractivity (Wildman–Crippen MR) is 148 cm³/mol. The smallest absolute Gasteiger partial charge is 0.363 e. The van der Waals surface area contributed by atoms with Crippen molar-refractivity contribution in [3.63, 3.8) is 0 Å². The summed E-state index contributed by atoms with van der Waals surface area (Å²) >= 11 is 4.23. The first-order valence-corrected chi connectivity index (χ1v) is 12.4. The van der Waals surface area contributed by atoms with E-state index in [0.29, 0.717) is 28.0 Å². The number of ether oxygens (including phenoxy) is 2. The van der Waals surface area contributed by atoms with Crippen molar-refractivity contribution < 1.29 is 24.1 Å². The minimum Gasteiger partial charge on any atom is -0.487 e. The summed E-state index contributed by atoms with van der Waals surface area (Å²) < 4.78 is 12.8. The van der Waals surface area contributed by atoms with E-state index < -0.39 is 15.8 Å². The maximum atomic E-state index is 12.4. The number of cyclic esters (lactones) is 1. The highest BCUT2D eigenvalue weighted by Gasteiger charge is 2.25. The fraction of sp³-hybridized carbons (Fsp3) is 0.0833. The molecule has 0 fully saturated rings. The SMILES string of the molecule is Cc1cc(C2=N/C(=C\c3cc(I)c(OCc4cccc([N+](=O)[O-])c4)c(I)c3)C(=O)O2)ccc1[N+](=O)[O-]. The molecule has 12 heteroatoms. The second kappa shape index (κ2) is 10.7. The van der Waals surface area contributed by atoms with Gasteiger partial charge in [-0.2, -0.15) is 0 Å². The summed E-state index contributed by atoms with van der Waals surface area (Å²) in [6.07, 6.45) is 1.59. The maximum Gasteiger partial charge on any atom is 0.363 e. The van der Waals surface area contributed by atoms with E-state index in [1.807, 2.05) is 12.1 Å². The van der Waals surface area contributed by atoms with Crippen molar-refractivity contribution in [3.8, 4) is 5.75 Å². The number of benzene rings is 3. The summed E-state index contributed by atoms with van der Waals surface area (Å²) in [6.45, 7) is 1.75. The van der Waals surface area contributed by atoms with Gasteiger partial charge in [0.15, 0.2) is 5.70 Å². The normalized spacial score (nSPS) is 13.9. The van der Waals surface area contributed by atoms with Crippen LogP contribution in [0.3, 0.4) is 0 Å². The first-order valence-electron chi connectivity index (χ1n) is 10.3. The summed E-state index contributed by atoms with van der Waals surface area (Å²) in [7, 11) is 0. The van der Waals surface area contributed by atoms with Gasteiger partial charge in [-0.1, -0.05) is 12.1 Å². The summed E-state index contributed by atoms with van der Waals surface area (Å²) in [5, 5.41) is 22.0. The molecule has 0 saturated carbocycles. The van der Waals surface area contributed by atoms with Crippen LogP contribution in [-0.2, 0) is 16.1 Å². The lowest BCUT2D eigenvalue weighted by atomic mass is 10.1. The molecule has 3 aromatic rings. The van der Waals surface area contributed by atoms with Gasteiger partial charge in [-0.25, -0.2) is 9.79 Å². The summed E-state index contributed by atoms with van der Waals surface area (Å²) in [5.41, 5.74) is 2.31. The molecular formula is C24H15I2N3O7. The number of aliphatic imine (C=N–C) groups is 1. The molecule has 0 unspecified atom stereocenters. The third kappa shape index (κ3) is 5.70. The summed E-state index contributed by atoms with van der Waals surface area (Å²) in [4.78, 5) is 37.8. The lowest BCUT2D eigenvalue weighted by Crippen LogP contribution is -2.06. The van der Waals surface area contributed by atoms with Crippen LogP contribution in [-0.4, -0.2) is 21.7 Å². The Bertz CT molecular complexity index is 1460. The number of carbonyl (C=O) groups is 1. The van der Waals surface area contributed by atoms with Gasteiger partial charge in [-0.3, -0.25) is 20.2 Å². The van der Waals surface area contributed by atoms with Crippen molar-refractivity contribution in [1.82, 2.24) is 0 Å². The first kappa shape index (κ1) is 25.7. The highest BCUT2D eigenvalue weighted by molar-refractivity contribution is 14.1. The molecule has 1 heterocycles. The van der Waals surface area contributed by atoms with E-state index in [0.717, 1.165) is 7.14 Å². The average Bonchev–Trinajstić information content (AvgIpc) is 3.18. The Balaban J connectivity index is 1.55. The topological polar surface area (TPSA) is 134 Å². The van der Waals surface area contributed by atoms with Crippen LogP contribution in [0.2, 0.25) is 0 Å². The molecular weight excluding hydrogens is 696 g/mol. The zero-order valence-electron chi connectivity index (χ0n) is 18.4. The van der Waals surface area contributed by atoms with E-state index in [1.165, 1.54) is 24.3 Å². The molecule has 1 aliphatic rings. The number of aryl methyl sites for hydroxylation is 1. The Morgan fingerprint density at radius 2 is 1.75 bits per heavy atom. The molecule has 182 valence electrons. The molecule has 0 amide bonds. The number of hydrogen-bond acceptors (Lipinski definition) is 8. The Hall–Kier alpha value is -3.40. The highest BCUT2D eigenvalue weighted by Crippen LogP contribution is 2.31. The van der Waals surface area contributed by atoms with Gasteiger partial charge in [0.05, 0.1) is 17.0 Å². The van der Waals surface area contributed by atoms with Crippen LogP contribution in [0.4, 0.5) is 11.4 Å². The molecule has 0 aliphatic carbocycles. The van der Waals surface area contributed by atoms with Gasteiger partial charge in [0.25, 0.3) is 11.4 Å². The zero-order valence-corrected chi connectivity index (χ0v) is 22.8. The number of non-ortho nitro benzene ring substituents is 1. The Labute approximate surface area is 231 Å². The van der Waals surface area contributed by atoms with Crippen molar-refractivity contribution in [1.29, 1.82) is 0 Å². The third-order valence-corrected chi connectivity index (χ3v) is 6.69. The molecule has 10 nitrogen and oxygen atoms in total. The molecule has 0 bridgehead atoms. The molecule has 0 N–H and O–H groups in total. The van der Waals surface area contributed by atoms with Gasteiger partial charge >= 0.3 is 5.97 Å². The van der Waals surface area contributed by atoms with E-state index in [1.54, 1.807) is 31.2 Å². The standard InChI is InChI=1S/C24H15I2N3O7/c1-13-7-16(5-6-21(13)29(33)34)23-27-20(24(30)36-23)11-15-9-18(25)22(19(26)10-15)35-12-14-3-2-4-17(8-14)28(31)32/h2-11H,12H2,1H3/b20-11-. The second-order valence-electron chi connectivity index (χ2n) is 7.62. The number of nitro groups is 2. The van der Waals surface area contributed by atoms with Crippen LogP contribution in [0.5, 0.6) is 5.75 Å². The summed E-state index contributed by atoms with van der Waals surface area (Å²) in [6, 6.07) is 14.3. The van der Waals surface area contributed by atoms with Crippen molar-refractivity contribution in [2.45, 2.75) is 13.5 Å². The fourth-order valence-electron chi connectivity index (χ4n) is 3.40. The van der Waals surface area contributed by atoms with Gasteiger partial charge in [0.2, 0.25) is 5.90 Å². The third-order valence-electron chi connectivity index (χ3n) is 5.09. The van der Waals surface area contributed by atoms with Crippen LogP contribution in [0.1, 0.15) is 22.3 Å². The average molecular weight is 711 g/mol. The van der Waals surface area contributed by atoms with Crippen LogP contribution in [0, 0.1) is 34.3 Å². The van der Waals surface area contributed by atoms with Crippen LogP contribution < -0.4 is 4.74 Å². The minimum absolute atomic E-state index is 0.00488. The van der Waals surface area contributed by atoms with Gasteiger partial charge in [-0.05, 0) is 93.6 Å². The summed E-state index contributed by atoms with van der Waals surface area (Å²) in [5.74, 6) is 0.0620. The Kier molecular flexibility index (Phi) is 7.63. The number of nitro benzene ring substituents is 2. The quantitative estimate of drug-likeness (QED) is 0.0974. The molecule has 0 atom stereocenters. The number of nitrogens with zero attached hydrogens (tertiary/aromatic N) is 3. The highest BCUT2D eigenvalue weighted by atomic mass is 127. The van der Waals surface area contributed by atoms with Crippen molar-refractivity contribution in [2.75, 3.05) is 0 Å². The lowest BCUT2D eigenvalue weighted by Gasteiger charge is -2.11. The molecule has 4 rings (SSSR count). The predicted octanol–water partition coefficient (Wildman–Crippen LogP) is 5.94. The van der Waals surface area contributed by atoms with E-state index in [9.17, 15) is 25.0 Å². The molecule has 0 radical (unpaired) electrons. The number of hydrogen-bond donors (Lipinski definition) is 0. The molecule has 1 aliphatic heterocycles. The molecule has 0 spiro atoms. The molecule has 36 heavy (non-hydrogen) atoms. The Morgan fingerprint density at radius 3 is 2.39 bits per heavy atom. The first-order chi connectivity index (χ1) is 17.1. The van der Waals surface area contributed by atoms with Gasteiger partial charge in [-0.15, -0.1) is 0 Å². The van der Waals surface area contributed by atoms with Crippen LogP contribution in [0.15, 0.2) is 65.3 Å². The Morgan fingerprint density at radius 1 is 1.03 bits per heavy atom. The monoisotopic (exact) mass is 711 g/mol. The number of esters is 1. The molecule has 0 aromatic heterocycles. The number of halogens is 2. The number of carbonyl (C=O) groups excluding carboxylic acids is 1. The van der Waals surface area contributed by atoms with Gasteiger partial charge in [0, 0.05) is 29.3 Å². The second-order valence-corrected chi connectivity index (χ2v) is 9.95. The maximum absolute atomic E-state index is 12.4. The van der Waals surface area contributed by atoms with Crippen molar-refractivity contribution in [3.05, 3.63) is 110 Å². The lowest BCUT2D eigenvalue weighted by molar-refractivity contribution is -0.385. The van der Waals surface area contributed by atoms with E-state index in [-0.39, 0.29) is 29.6 Å². The number of rotatable bonds is 7. The van der Waals surface area contributed by atoms with Crippen molar-refractivity contribution >= 4 is 74.5 Å². The van der Waals surface area contributed by atoms with Gasteiger partial charge in [0.1, 0.15) is 12.4 Å². The van der Waals surface area contributed by atoms with Crippen molar-refractivity contribution in [2.24, 2.45) is 4.99 Å². The molecule has 0 saturated heterocycles. The van der Waals surface area contributed by atoms with Crippen LogP contribution in [0.25, 0.3) is 6.08 Å². The van der Waals surface area contributed by atoms with E-state index >= 15 is 0 Å².